The summed E-state index contributed by atoms with van der Waals surface area (Å²) in [5.74, 6) is 0. The summed E-state index contributed by atoms with van der Waals surface area (Å²) in [6, 6.07) is 2.28. The van der Waals surface area contributed by atoms with Crippen molar-refractivity contribution in [1.82, 2.24) is 4.67 Å². The minimum absolute atomic E-state index is 0.0999. The maximum atomic E-state index is 10.5. The lowest BCUT2D eigenvalue weighted by Crippen LogP contribution is -2.44. The van der Waals surface area contributed by atoms with Crippen molar-refractivity contribution in [3.05, 3.63) is 0 Å². The molecule has 0 spiro atoms. The van der Waals surface area contributed by atoms with Crippen LogP contribution >= 0.6 is 8.53 Å². The van der Waals surface area contributed by atoms with E-state index < -0.39 is 8.53 Å². The van der Waals surface area contributed by atoms with Gasteiger partial charge in [0.25, 0.3) is 8.53 Å². The molecule has 1 unspecified atom stereocenters. The molecule has 0 heterocycles. The van der Waals surface area contributed by atoms with E-state index in [0.29, 0.717) is 13.0 Å². The Hall–Kier alpha value is -0.200. The van der Waals surface area contributed by atoms with E-state index in [2.05, 4.69) is 45.4 Å². The first-order valence-electron chi connectivity index (χ1n) is 13.6. The minimum Gasteiger partial charge on any atom is -0.338 e. The molecule has 0 fully saturated rings. The van der Waals surface area contributed by atoms with Crippen molar-refractivity contribution >= 4 is 8.53 Å². The van der Waals surface area contributed by atoms with Gasteiger partial charge in [-0.05, 0) is 34.1 Å². The molecule has 1 atom stereocenters. The van der Waals surface area contributed by atoms with Gasteiger partial charge in [0, 0.05) is 11.6 Å². The smallest absolute Gasteiger partial charge is 0.256 e. The van der Waals surface area contributed by atoms with Gasteiger partial charge in [-0.15, -0.1) is 0 Å². The van der Waals surface area contributed by atoms with Gasteiger partial charge in [-0.2, -0.15) is 5.26 Å². The molecule has 0 radical (unpaired) electrons. The molecule has 0 saturated heterocycles. The third-order valence-corrected chi connectivity index (χ3v) is 8.14. The molecule has 32 heavy (non-hydrogen) atoms. The third kappa shape index (κ3) is 17.3. The van der Waals surface area contributed by atoms with Crippen LogP contribution in [0.15, 0.2) is 0 Å². The fourth-order valence-electron chi connectivity index (χ4n) is 4.58. The Bertz CT molecular complexity index is 451. The second-order valence-corrected chi connectivity index (χ2v) is 11.5. The van der Waals surface area contributed by atoms with Crippen molar-refractivity contribution < 1.29 is 9.42 Å². The van der Waals surface area contributed by atoms with Crippen molar-refractivity contribution in [1.29, 1.82) is 5.26 Å². The molecule has 1 N–H and O–H groups in total. The van der Waals surface area contributed by atoms with E-state index in [0.717, 1.165) is 6.42 Å². The van der Waals surface area contributed by atoms with E-state index in [9.17, 15) is 4.89 Å². The summed E-state index contributed by atoms with van der Waals surface area (Å²) >= 11 is 0. The predicted molar refractivity (Wildman–Crippen MR) is 141 cm³/mol. The monoisotopic (exact) mass is 470 g/mol. The van der Waals surface area contributed by atoms with Gasteiger partial charge in [0.2, 0.25) is 0 Å². The van der Waals surface area contributed by atoms with Crippen molar-refractivity contribution in [2.45, 2.75) is 162 Å². The van der Waals surface area contributed by atoms with E-state index in [4.69, 9.17) is 9.79 Å². The molecule has 5 heteroatoms. The highest BCUT2D eigenvalue weighted by molar-refractivity contribution is 7.43. The van der Waals surface area contributed by atoms with E-state index in [1.54, 1.807) is 0 Å². The van der Waals surface area contributed by atoms with E-state index in [-0.39, 0.29) is 11.6 Å². The molecule has 4 nitrogen and oxygen atoms in total. The standard InChI is InChI=1S/C27H55N2O2P/c1-6-7-8-9-10-11-12-13-14-15-16-17-18-19-20-21-23-27(4,5)29(26(2)3)32(30)31-25-22-24-28/h26,30H,6-23,25H2,1-5H3. The van der Waals surface area contributed by atoms with Crippen LogP contribution in [-0.2, 0) is 4.52 Å². The van der Waals surface area contributed by atoms with Crippen LogP contribution in [0, 0.1) is 11.3 Å². The maximum Gasteiger partial charge on any atom is 0.256 e. The zero-order valence-corrected chi connectivity index (χ0v) is 23.1. The SMILES string of the molecule is CCCCCCCCCCCCCCCCCCC(C)(C)N(C(C)C)P(O)OCCC#N. The number of rotatable bonds is 23. The highest BCUT2D eigenvalue weighted by atomic mass is 31.2. The lowest BCUT2D eigenvalue weighted by molar-refractivity contribution is 0.135. The van der Waals surface area contributed by atoms with Gasteiger partial charge in [-0.25, -0.2) is 4.67 Å². The van der Waals surface area contributed by atoms with E-state index in [1.807, 2.05) is 0 Å². The van der Waals surface area contributed by atoms with Crippen LogP contribution in [0.25, 0.3) is 0 Å². The normalized spacial score (nSPS) is 13.1. The summed E-state index contributed by atoms with van der Waals surface area (Å²) in [5, 5.41) is 8.68. The van der Waals surface area contributed by atoms with Crippen LogP contribution in [0.3, 0.4) is 0 Å². The second kappa shape index (κ2) is 21.3. The van der Waals surface area contributed by atoms with Gasteiger partial charge < -0.3 is 9.42 Å². The predicted octanol–water partition coefficient (Wildman–Crippen LogP) is 9.28. The van der Waals surface area contributed by atoms with Gasteiger partial charge in [-0.3, -0.25) is 0 Å². The summed E-state index contributed by atoms with van der Waals surface area (Å²) in [4.78, 5) is 10.5. The second-order valence-electron chi connectivity index (χ2n) is 10.3. The Kier molecular flexibility index (Phi) is 21.2. The van der Waals surface area contributed by atoms with Crippen LogP contribution in [0.1, 0.15) is 150 Å². The van der Waals surface area contributed by atoms with Crippen molar-refractivity contribution in [2.75, 3.05) is 6.61 Å². The van der Waals surface area contributed by atoms with Gasteiger partial charge >= 0.3 is 0 Å². The zero-order valence-electron chi connectivity index (χ0n) is 22.2. The highest BCUT2D eigenvalue weighted by Gasteiger charge is 2.35. The lowest BCUT2D eigenvalue weighted by Gasteiger charge is -2.42. The molecule has 0 aliphatic heterocycles. The van der Waals surface area contributed by atoms with Crippen molar-refractivity contribution in [2.24, 2.45) is 0 Å². The summed E-state index contributed by atoms with van der Waals surface area (Å²) in [5.41, 5.74) is -0.0999. The molecule has 190 valence electrons. The summed E-state index contributed by atoms with van der Waals surface area (Å²) in [6.45, 7) is 11.2. The average molecular weight is 471 g/mol. The fraction of sp³-hybridized carbons (Fsp3) is 0.963. The Morgan fingerprint density at radius 1 is 0.812 bits per heavy atom. The first-order valence-corrected chi connectivity index (χ1v) is 14.8. The number of unbranched alkanes of at least 4 members (excludes halogenated alkanes) is 15. The average Bonchev–Trinajstić information content (AvgIpc) is 2.73. The van der Waals surface area contributed by atoms with Gasteiger partial charge in [-0.1, -0.05) is 110 Å². The molecule has 0 amide bonds. The maximum absolute atomic E-state index is 10.5. The number of nitriles is 1. The van der Waals surface area contributed by atoms with Crippen LogP contribution < -0.4 is 0 Å². The Morgan fingerprint density at radius 2 is 1.22 bits per heavy atom. The largest absolute Gasteiger partial charge is 0.338 e. The summed E-state index contributed by atoms with van der Waals surface area (Å²) in [6.07, 6.45) is 23.5. The molecule has 0 saturated carbocycles. The first kappa shape index (κ1) is 31.8. The lowest BCUT2D eigenvalue weighted by atomic mass is 9.95. The first-order chi connectivity index (χ1) is 15.4. The topological polar surface area (TPSA) is 56.5 Å². The molecular weight excluding hydrogens is 415 g/mol. The molecule has 0 aromatic heterocycles. The van der Waals surface area contributed by atoms with Gasteiger partial charge in [0.05, 0.1) is 19.1 Å². The Labute approximate surface area is 202 Å². The fourth-order valence-corrected chi connectivity index (χ4v) is 5.92. The molecule has 0 aromatic carbocycles. The Balaban J connectivity index is 3.73. The molecule has 0 aromatic rings. The van der Waals surface area contributed by atoms with Crippen LogP contribution in [0.2, 0.25) is 0 Å². The Morgan fingerprint density at radius 3 is 1.59 bits per heavy atom. The zero-order chi connectivity index (χ0) is 24.1. The van der Waals surface area contributed by atoms with Crippen LogP contribution in [0.4, 0.5) is 0 Å². The van der Waals surface area contributed by atoms with Crippen LogP contribution in [-0.4, -0.2) is 27.8 Å². The van der Waals surface area contributed by atoms with Crippen LogP contribution in [0.5, 0.6) is 0 Å². The third-order valence-electron chi connectivity index (χ3n) is 6.36. The van der Waals surface area contributed by atoms with Crippen molar-refractivity contribution in [3.8, 4) is 6.07 Å². The summed E-state index contributed by atoms with van der Waals surface area (Å²) in [7, 11) is -1.65. The number of nitrogens with zero attached hydrogens (tertiary/aromatic N) is 2. The van der Waals surface area contributed by atoms with E-state index in [1.165, 1.54) is 103 Å². The number of hydrogen-bond acceptors (Lipinski definition) is 4. The summed E-state index contributed by atoms with van der Waals surface area (Å²) < 4.78 is 7.65. The molecule has 0 aliphatic carbocycles. The van der Waals surface area contributed by atoms with Gasteiger partial charge in [0.15, 0.2) is 0 Å². The van der Waals surface area contributed by atoms with Gasteiger partial charge in [0.1, 0.15) is 0 Å². The quantitative estimate of drug-likeness (QED) is 0.119. The molecule has 0 aliphatic rings. The number of hydrogen-bond donors (Lipinski definition) is 1. The highest BCUT2D eigenvalue weighted by Crippen LogP contribution is 2.45. The van der Waals surface area contributed by atoms with E-state index >= 15 is 0 Å². The molecule has 0 bridgehead atoms. The molecule has 0 rings (SSSR count). The minimum atomic E-state index is -1.65. The van der Waals surface area contributed by atoms with Crippen molar-refractivity contribution in [3.63, 3.8) is 0 Å². The molecular formula is C27H55N2O2P.